The van der Waals surface area contributed by atoms with E-state index in [4.69, 9.17) is 14.0 Å². The molecule has 0 aromatic rings. The van der Waals surface area contributed by atoms with Crippen LogP contribution in [-0.4, -0.2) is 5.78 Å². The average molecular weight is 304 g/mol. The molecule has 1 fully saturated rings. The van der Waals surface area contributed by atoms with Crippen LogP contribution in [0.1, 0.15) is 32.6 Å². The molecule has 1 saturated carbocycles. The summed E-state index contributed by atoms with van der Waals surface area (Å²) in [5, 5.41) is 0. The Morgan fingerprint density at radius 3 is 2.11 bits per heavy atom. The Morgan fingerprint density at radius 1 is 1.32 bits per heavy atom. The first-order valence-electron chi connectivity index (χ1n) is 5.13. The molecule has 1 rings (SSSR count). The maximum absolute atomic E-state index is 10.9. The average Bonchev–Trinajstić information content (AvgIpc) is 2.82. The molecule has 5 heteroatoms. The molecule has 0 aromatic heterocycles. The van der Waals surface area contributed by atoms with Gasteiger partial charge in [-0.25, -0.2) is 0 Å². The van der Waals surface area contributed by atoms with Gasteiger partial charge in [0.25, 0.3) is 0 Å². The largest absolute Gasteiger partial charge is 0 e. The van der Waals surface area contributed by atoms with Crippen LogP contribution in [0.15, 0.2) is 24.3 Å². The first-order valence-corrected chi connectivity index (χ1v) is 5.13. The van der Waals surface area contributed by atoms with Crippen molar-refractivity contribution in [3.63, 3.8) is 0 Å². The van der Waals surface area contributed by atoms with Crippen molar-refractivity contribution < 1.29 is 35.8 Å². The molecule has 1 atom stereocenters. The van der Waals surface area contributed by atoms with Crippen molar-refractivity contribution in [2.24, 2.45) is 5.92 Å². The molecule has 1 unspecified atom stereocenters. The van der Waals surface area contributed by atoms with E-state index in [1.165, 1.54) is 0 Å². The molecular weight excluding hydrogens is 288 g/mol. The van der Waals surface area contributed by atoms with Crippen LogP contribution in [0, 0.1) is 25.9 Å². The van der Waals surface area contributed by atoms with Crippen molar-refractivity contribution in [1.82, 2.24) is 0 Å². The van der Waals surface area contributed by atoms with Crippen molar-refractivity contribution in [3.05, 3.63) is 44.3 Å². The van der Waals surface area contributed by atoms with Gasteiger partial charge in [-0.1, -0.05) is 24.3 Å². The molecule has 0 radical (unpaired) electrons. The zero-order valence-electron chi connectivity index (χ0n) is 10.8. The third-order valence-corrected chi connectivity index (χ3v) is 2.22. The van der Waals surface area contributed by atoms with E-state index in [1.54, 1.807) is 0 Å². The Bertz CT molecular complexity index is 312. The smallest absolute Gasteiger partial charge is 0 e. The van der Waals surface area contributed by atoms with Crippen LogP contribution >= 0.6 is 0 Å². The fraction of sp³-hybridized carbons (Fsp3) is 0.429. The summed E-state index contributed by atoms with van der Waals surface area (Å²) in [6.45, 7) is 19.3. The fourth-order valence-electron chi connectivity index (χ4n) is 1.55. The second-order valence-electron chi connectivity index (χ2n) is 3.63. The Morgan fingerprint density at radius 2 is 1.79 bits per heavy atom. The van der Waals surface area contributed by atoms with Crippen LogP contribution in [0.3, 0.4) is 0 Å². The molecule has 104 valence electrons. The van der Waals surface area contributed by atoms with Gasteiger partial charge in [0.1, 0.15) is 5.78 Å². The van der Waals surface area contributed by atoms with Gasteiger partial charge in [0.05, 0.1) is 0 Å². The standard InChI is InChI=1S/C11H16O.3CO.Fe/c1-9(2)4-3-5-10-6-7-11(12)8-10;3*1-2;/h3-4,10H,1,5-8H2,2H3;;;;/b4-3+;;;;. The van der Waals surface area contributed by atoms with Crippen LogP contribution in [-0.2, 0) is 35.8 Å². The van der Waals surface area contributed by atoms with Gasteiger partial charge in [-0.3, -0.25) is 4.79 Å². The normalized spacial score (nSPS) is 15.3. The van der Waals surface area contributed by atoms with E-state index in [2.05, 4.69) is 32.6 Å². The number of hydrogen-bond acceptors (Lipinski definition) is 1. The number of ketones is 1. The first kappa shape index (κ1) is 26.5. The summed E-state index contributed by atoms with van der Waals surface area (Å²) in [5.41, 5.74) is 1.08. The van der Waals surface area contributed by atoms with Gasteiger partial charge in [0.15, 0.2) is 0 Å². The third kappa shape index (κ3) is 19.4. The number of rotatable bonds is 3. The summed E-state index contributed by atoms with van der Waals surface area (Å²) in [6.07, 6.45) is 7.87. The van der Waals surface area contributed by atoms with E-state index in [0.29, 0.717) is 11.7 Å². The summed E-state index contributed by atoms with van der Waals surface area (Å²) in [7, 11) is 0. The van der Waals surface area contributed by atoms with Gasteiger partial charge in [0, 0.05) is 29.9 Å². The first-order chi connectivity index (χ1) is 8.68. The van der Waals surface area contributed by atoms with Crippen molar-refractivity contribution in [3.8, 4) is 0 Å². The fourth-order valence-corrected chi connectivity index (χ4v) is 1.55. The van der Waals surface area contributed by atoms with E-state index in [9.17, 15) is 4.79 Å². The van der Waals surface area contributed by atoms with Gasteiger partial charge in [-0.05, 0) is 25.7 Å². The minimum Gasteiger partial charge on any atom is 0 e. The second kappa shape index (κ2) is 22.1. The molecular formula is C14H16FeO4. The Kier molecular flexibility index (Phi) is 30.8. The van der Waals surface area contributed by atoms with E-state index in [0.717, 1.165) is 31.3 Å². The van der Waals surface area contributed by atoms with Crippen LogP contribution in [0.2, 0.25) is 0 Å². The molecule has 0 aliphatic heterocycles. The number of hydrogen-bond donors (Lipinski definition) is 0. The minimum absolute atomic E-state index is 0. The maximum Gasteiger partial charge on any atom is 0 e. The Labute approximate surface area is 125 Å². The maximum atomic E-state index is 10.9. The van der Waals surface area contributed by atoms with Crippen molar-refractivity contribution in [1.29, 1.82) is 0 Å². The van der Waals surface area contributed by atoms with Gasteiger partial charge < -0.3 is 0 Å². The van der Waals surface area contributed by atoms with E-state index >= 15 is 0 Å². The topological polar surface area (TPSA) is 76.8 Å². The molecule has 0 heterocycles. The molecule has 0 amide bonds. The Hall–Kier alpha value is -1.11. The zero-order valence-corrected chi connectivity index (χ0v) is 11.9. The van der Waals surface area contributed by atoms with Crippen molar-refractivity contribution in [2.45, 2.75) is 32.6 Å². The molecule has 1 aliphatic rings. The quantitative estimate of drug-likeness (QED) is 0.342. The molecule has 0 bridgehead atoms. The Balaban J connectivity index is -0.000000142. The van der Waals surface area contributed by atoms with Crippen LogP contribution < -0.4 is 0 Å². The summed E-state index contributed by atoms with van der Waals surface area (Å²) in [4.78, 5) is 10.9. The number of Topliss-reactive ketones (excluding diaryl/α,β-unsaturated/α-hetero) is 1. The molecule has 19 heavy (non-hydrogen) atoms. The summed E-state index contributed by atoms with van der Waals surface area (Å²) in [5.74, 6) is 1.04. The van der Waals surface area contributed by atoms with E-state index in [-0.39, 0.29) is 17.1 Å². The summed E-state index contributed by atoms with van der Waals surface area (Å²) < 4.78 is 22.5. The van der Waals surface area contributed by atoms with Gasteiger partial charge >= 0.3 is 33.9 Å². The van der Waals surface area contributed by atoms with Crippen molar-refractivity contribution in [2.75, 3.05) is 0 Å². The molecule has 0 saturated heterocycles. The minimum atomic E-state index is 0. The van der Waals surface area contributed by atoms with Crippen LogP contribution in [0.5, 0.6) is 0 Å². The van der Waals surface area contributed by atoms with Crippen LogP contribution in [0.4, 0.5) is 0 Å². The summed E-state index contributed by atoms with van der Waals surface area (Å²) >= 11 is 0. The van der Waals surface area contributed by atoms with Gasteiger partial charge in [0.2, 0.25) is 0 Å². The summed E-state index contributed by atoms with van der Waals surface area (Å²) in [6, 6.07) is 0. The SMILES string of the molecule is C=C(C)/C=C/CC1CCC(=O)C1.[C-]#[O+].[C-]#[O+].[C-]#[O+].[Fe]. The zero-order chi connectivity index (χ0) is 15.0. The third-order valence-electron chi connectivity index (χ3n) is 2.22. The molecule has 1 aliphatic carbocycles. The monoisotopic (exact) mass is 304 g/mol. The van der Waals surface area contributed by atoms with Crippen molar-refractivity contribution >= 4 is 5.78 Å². The second-order valence-corrected chi connectivity index (χ2v) is 3.63. The van der Waals surface area contributed by atoms with E-state index < -0.39 is 0 Å². The van der Waals surface area contributed by atoms with E-state index in [1.807, 2.05) is 13.0 Å². The predicted octanol–water partition coefficient (Wildman–Crippen LogP) is 2.76. The molecule has 0 spiro atoms. The van der Waals surface area contributed by atoms with Crippen LogP contribution in [0.25, 0.3) is 0 Å². The number of allylic oxidation sites excluding steroid dienone is 3. The predicted molar refractivity (Wildman–Crippen MR) is 62.7 cm³/mol. The van der Waals surface area contributed by atoms with Gasteiger partial charge in [-0.2, -0.15) is 0 Å². The molecule has 0 aromatic carbocycles. The number of carbonyl (C=O) groups excluding carboxylic acids is 1. The number of carbonyl (C=O) groups is 1. The van der Waals surface area contributed by atoms with Gasteiger partial charge in [-0.15, -0.1) is 0 Å². The molecule has 4 nitrogen and oxygen atoms in total. The molecule has 0 N–H and O–H groups in total.